The van der Waals surface area contributed by atoms with Gasteiger partial charge in [0, 0.05) is 19.2 Å². The van der Waals surface area contributed by atoms with Crippen LogP contribution in [0.2, 0.25) is 0 Å². The molecule has 0 bridgehead atoms. The summed E-state index contributed by atoms with van der Waals surface area (Å²) in [7, 11) is 0. The molecule has 1 amide bonds. The number of nitrogens with zero attached hydrogens (tertiary/aromatic N) is 4. The lowest BCUT2D eigenvalue weighted by atomic mass is 9.97. The zero-order valence-electron chi connectivity index (χ0n) is 13.9. The van der Waals surface area contributed by atoms with Crippen molar-refractivity contribution in [2.75, 3.05) is 23.3 Å². The number of amides is 1. The number of nitro benzene ring substituents is 1. The SMILES string of the molecule is Cc1ccc(N2CCCC(C(=O)Nc3ccccc3[N+](=O)[O-])C2)nn1. The van der Waals surface area contributed by atoms with Crippen LogP contribution in [-0.2, 0) is 4.79 Å². The van der Waals surface area contributed by atoms with Gasteiger partial charge in [0.1, 0.15) is 5.69 Å². The highest BCUT2D eigenvalue weighted by atomic mass is 16.6. The third kappa shape index (κ3) is 3.90. The quantitative estimate of drug-likeness (QED) is 0.677. The molecule has 0 saturated carbocycles. The number of piperidine rings is 1. The van der Waals surface area contributed by atoms with Crippen molar-refractivity contribution in [1.82, 2.24) is 10.2 Å². The molecule has 0 aliphatic carbocycles. The van der Waals surface area contributed by atoms with Gasteiger partial charge in [0.25, 0.3) is 5.69 Å². The number of anilines is 2. The molecule has 1 aromatic carbocycles. The minimum atomic E-state index is -0.495. The van der Waals surface area contributed by atoms with Crippen molar-refractivity contribution in [3.05, 3.63) is 52.2 Å². The van der Waals surface area contributed by atoms with Crippen LogP contribution in [-0.4, -0.2) is 34.1 Å². The highest BCUT2D eigenvalue weighted by molar-refractivity contribution is 5.95. The maximum absolute atomic E-state index is 12.6. The minimum Gasteiger partial charge on any atom is -0.354 e. The molecule has 1 aliphatic rings. The molecule has 2 heterocycles. The van der Waals surface area contributed by atoms with Gasteiger partial charge in [0.05, 0.1) is 16.5 Å². The van der Waals surface area contributed by atoms with E-state index in [4.69, 9.17) is 0 Å². The first-order chi connectivity index (χ1) is 12.0. The topological polar surface area (TPSA) is 101 Å². The zero-order valence-corrected chi connectivity index (χ0v) is 13.9. The molecule has 3 rings (SSSR count). The fraction of sp³-hybridized carbons (Fsp3) is 0.353. The number of benzene rings is 1. The first-order valence-electron chi connectivity index (χ1n) is 8.14. The van der Waals surface area contributed by atoms with Gasteiger partial charge in [0.2, 0.25) is 5.91 Å². The summed E-state index contributed by atoms with van der Waals surface area (Å²) in [5.41, 5.74) is 0.962. The standard InChI is InChI=1S/C17H19N5O3/c1-12-8-9-16(20-19-12)21-10-4-5-13(11-21)17(23)18-14-6-2-3-7-15(14)22(24)25/h2-3,6-9,13H,4-5,10-11H2,1H3,(H,18,23). The molecule has 1 atom stereocenters. The van der Waals surface area contributed by atoms with Gasteiger partial charge >= 0.3 is 0 Å². The van der Waals surface area contributed by atoms with Crippen LogP contribution in [0.4, 0.5) is 17.2 Å². The van der Waals surface area contributed by atoms with Gasteiger partial charge < -0.3 is 10.2 Å². The molecule has 0 spiro atoms. The Bertz CT molecular complexity index is 778. The van der Waals surface area contributed by atoms with E-state index in [-0.39, 0.29) is 23.2 Å². The first kappa shape index (κ1) is 16.8. The van der Waals surface area contributed by atoms with E-state index in [1.54, 1.807) is 18.2 Å². The van der Waals surface area contributed by atoms with Crippen LogP contribution in [0.3, 0.4) is 0 Å². The lowest BCUT2D eigenvalue weighted by Crippen LogP contribution is -2.41. The van der Waals surface area contributed by atoms with Crippen LogP contribution in [0.1, 0.15) is 18.5 Å². The van der Waals surface area contributed by atoms with E-state index in [0.717, 1.165) is 30.9 Å². The number of para-hydroxylation sites is 2. The molecule has 0 radical (unpaired) electrons. The van der Waals surface area contributed by atoms with Gasteiger partial charge in [-0.25, -0.2) is 0 Å². The summed E-state index contributed by atoms with van der Waals surface area (Å²) in [6.07, 6.45) is 1.59. The number of carbonyl (C=O) groups excluding carboxylic acids is 1. The summed E-state index contributed by atoms with van der Waals surface area (Å²) >= 11 is 0. The number of rotatable bonds is 4. The van der Waals surface area contributed by atoms with Crippen molar-refractivity contribution in [2.45, 2.75) is 19.8 Å². The van der Waals surface area contributed by atoms with Crippen LogP contribution in [0.5, 0.6) is 0 Å². The fourth-order valence-corrected chi connectivity index (χ4v) is 2.93. The minimum absolute atomic E-state index is 0.104. The van der Waals surface area contributed by atoms with Gasteiger partial charge in [-0.1, -0.05) is 12.1 Å². The van der Waals surface area contributed by atoms with Crippen molar-refractivity contribution in [1.29, 1.82) is 0 Å². The molecule has 1 aromatic heterocycles. The van der Waals surface area contributed by atoms with Gasteiger partial charge in [0.15, 0.2) is 5.82 Å². The molecule has 1 N–H and O–H groups in total. The molecule has 2 aromatic rings. The van der Waals surface area contributed by atoms with Crippen molar-refractivity contribution < 1.29 is 9.72 Å². The number of aryl methyl sites for hydroxylation is 1. The lowest BCUT2D eigenvalue weighted by Gasteiger charge is -2.32. The van der Waals surface area contributed by atoms with Crippen LogP contribution in [0, 0.1) is 23.0 Å². The second-order valence-electron chi connectivity index (χ2n) is 6.08. The van der Waals surface area contributed by atoms with E-state index >= 15 is 0 Å². The smallest absolute Gasteiger partial charge is 0.292 e. The number of hydrogen-bond donors (Lipinski definition) is 1. The molecule has 1 unspecified atom stereocenters. The molecule has 8 heteroatoms. The van der Waals surface area contributed by atoms with E-state index in [2.05, 4.69) is 15.5 Å². The predicted octanol–water partition coefficient (Wildman–Crippen LogP) is 2.55. The predicted molar refractivity (Wildman–Crippen MR) is 93.4 cm³/mol. The lowest BCUT2D eigenvalue weighted by molar-refractivity contribution is -0.383. The highest BCUT2D eigenvalue weighted by Gasteiger charge is 2.28. The summed E-state index contributed by atoms with van der Waals surface area (Å²) in [5, 5.41) is 22.0. The normalized spacial score (nSPS) is 17.2. The number of carbonyl (C=O) groups is 1. The van der Waals surface area contributed by atoms with Gasteiger partial charge in [-0.05, 0) is 38.0 Å². The monoisotopic (exact) mass is 341 g/mol. The molecule has 25 heavy (non-hydrogen) atoms. The van der Waals surface area contributed by atoms with E-state index < -0.39 is 4.92 Å². The van der Waals surface area contributed by atoms with Crippen LogP contribution < -0.4 is 10.2 Å². The van der Waals surface area contributed by atoms with Gasteiger partial charge in [-0.3, -0.25) is 14.9 Å². The van der Waals surface area contributed by atoms with Crippen LogP contribution in [0.25, 0.3) is 0 Å². The van der Waals surface area contributed by atoms with Crippen LogP contribution in [0.15, 0.2) is 36.4 Å². The fourth-order valence-electron chi connectivity index (χ4n) is 2.93. The Hall–Kier alpha value is -3.03. The Kier molecular flexibility index (Phi) is 4.87. The molecule has 1 saturated heterocycles. The van der Waals surface area contributed by atoms with E-state index in [9.17, 15) is 14.9 Å². The summed E-state index contributed by atoms with van der Waals surface area (Å²) in [6.45, 7) is 3.20. The van der Waals surface area contributed by atoms with Crippen molar-refractivity contribution in [2.24, 2.45) is 5.92 Å². The van der Waals surface area contributed by atoms with Crippen molar-refractivity contribution >= 4 is 23.1 Å². The Morgan fingerprint density at radius 2 is 2.08 bits per heavy atom. The zero-order chi connectivity index (χ0) is 17.8. The first-order valence-corrected chi connectivity index (χ1v) is 8.14. The summed E-state index contributed by atoms with van der Waals surface area (Å²) in [6, 6.07) is 9.95. The average Bonchev–Trinajstić information content (AvgIpc) is 2.62. The van der Waals surface area contributed by atoms with Crippen molar-refractivity contribution in [3.8, 4) is 0 Å². The number of nitrogens with one attached hydrogen (secondary N) is 1. The van der Waals surface area contributed by atoms with E-state index in [1.165, 1.54) is 6.07 Å². The highest BCUT2D eigenvalue weighted by Crippen LogP contribution is 2.26. The summed E-state index contributed by atoms with van der Waals surface area (Å²) < 4.78 is 0. The second-order valence-corrected chi connectivity index (χ2v) is 6.08. The second kappa shape index (κ2) is 7.25. The molecule has 1 fully saturated rings. The Morgan fingerprint density at radius 1 is 1.28 bits per heavy atom. The largest absolute Gasteiger partial charge is 0.354 e. The molecular weight excluding hydrogens is 322 g/mol. The number of aromatic nitrogens is 2. The molecular formula is C17H19N5O3. The third-order valence-corrected chi connectivity index (χ3v) is 4.26. The molecule has 8 nitrogen and oxygen atoms in total. The Labute approximate surface area is 145 Å². The van der Waals surface area contributed by atoms with Crippen LogP contribution >= 0.6 is 0 Å². The molecule has 1 aliphatic heterocycles. The van der Waals surface area contributed by atoms with E-state index in [1.807, 2.05) is 24.0 Å². The van der Waals surface area contributed by atoms with Gasteiger partial charge in [-0.2, -0.15) is 5.10 Å². The number of hydrogen-bond acceptors (Lipinski definition) is 6. The van der Waals surface area contributed by atoms with E-state index in [0.29, 0.717) is 6.54 Å². The summed E-state index contributed by atoms with van der Waals surface area (Å²) in [5.74, 6) is 0.282. The maximum atomic E-state index is 12.6. The average molecular weight is 341 g/mol. The van der Waals surface area contributed by atoms with Crippen molar-refractivity contribution in [3.63, 3.8) is 0 Å². The Morgan fingerprint density at radius 3 is 2.80 bits per heavy atom. The Balaban J connectivity index is 1.70. The third-order valence-electron chi connectivity index (χ3n) is 4.26. The summed E-state index contributed by atoms with van der Waals surface area (Å²) in [4.78, 5) is 25.2. The van der Waals surface area contributed by atoms with Gasteiger partial charge in [-0.15, -0.1) is 5.10 Å². The maximum Gasteiger partial charge on any atom is 0.292 e. The molecule has 130 valence electrons. The number of nitro groups is 1.